The number of piperidine rings is 1. The number of rotatable bonds is 5. The summed E-state index contributed by atoms with van der Waals surface area (Å²) in [5.41, 5.74) is 3.65. The third-order valence-electron chi connectivity index (χ3n) is 6.18. The average Bonchev–Trinajstić information content (AvgIpc) is 3.22. The SMILES string of the molecule is O=c1cc2c(nn1CC1CCN(Cc3cnoc3C3CC3)CC1)CCC2. The van der Waals surface area contributed by atoms with Crippen molar-refractivity contribution in [1.82, 2.24) is 19.8 Å². The van der Waals surface area contributed by atoms with Gasteiger partial charge in [-0.3, -0.25) is 9.69 Å². The van der Waals surface area contributed by atoms with Crippen molar-refractivity contribution in [2.75, 3.05) is 13.1 Å². The first-order chi connectivity index (χ1) is 12.8. The molecule has 0 atom stereocenters. The van der Waals surface area contributed by atoms with Crippen molar-refractivity contribution in [3.63, 3.8) is 0 Å². The van der Waals surface area contributed by atoms with E-state index in [1.807, 2.05) is 12.3 Å². The van der Waals surface area contributed by atoms with E-state index in [9.17, 15) is 4.79 Å². The number of aryl methyl sites for hydroxylation is 2. The monoisotopic (exact) mass is 354 g/mol. The zero-order chi connectivity index (χ0) is 17.5. The van der Waals surface area contributed by atoms with Crippen LogP contribution in [0.4, 0.5) is 0 Å². The van der Waals surface area contributed by atoms with Gasteiger partial charge < -0.3 is 4.52 Å². The van der Waals surface area contributed by atoms with Crippen LogP contribution in [0, 0.1) is 5.92 Å². The van der Waals surface area contributed by atoms with Gasteiger partial charge in [-0.05, 0) is 69.5 Å². The number of hydrogen-bond acceptors (Lipinski definition) is 5. The summed E-state index contributed by atoms with van der Waals surface area (Å²) in [4.78, 5) is 14.8. The maximum Gasteiger partial charge on any atom is 0.267 e. The summed E-state index contributed by atoms with van der Waals surface area (Å²) < 4.78 is 7.17. The lowest BCUT2D eigenvalue weighted by molar-refractivity contribution is 0.162. The fourth-order valence-corrected chi connectivity index (χ4v) is 4.45. The van der Waals surface area contributed by atoms with Crippen LogP contribution >= 0.6 is 0 Å². The van der Waals surface area contributed by atoms with E-state index in [1.165, 1.54) is 24.0 Å². The molecular formula is C20H26N4O2. The summed E-state index contributed by atoms with van der Waals surface area (Å²) in [6.07, 6.45) is 9.80. The standard InChI is InChI=1S/C20H26N4O2/c25-19-10-16-2-1-3-18(16)22-24(19)12-14-6-8-23(9-7-14)13-17-11-21-26-20(17)15-4-5-15/h10-11,14-15H,1-9,12-13H2. The Hall–Kier alpha value is -1.95. The van der Waals surface area contributed by atoms with Crippen LogP contribution in [-0.2, 0) is 25.9 Å². The van der Waals surface area contributed by atoms with E-state index >= 15 is 0 Å². The first-order valence-corrected chi connectivity index (χ1v) is 10.0. The minimum atomic E-state index is 0.0756. The van der Waals surface area contributed by atoms with Crippen molar-refractivity contribution in [3.8, 4) is 0 Å². The summed E-state index contributed by atoms with van der Waals surface area (Å²) in [5, 5.41) is 8.64. The van der Waals surface area contributed by atoms with Gasteiger partial charge in [-0.15, -0.1) is 0 Å². The molecule has 0 amide bonds. The van der Waals surface area contributed by atoms with Gasteiger partial charge in [0.1, 0.15) is 5.76 Å². The Balaban J connectivity index is 1.18. The van der Waals surface area contributed by atoms with E-state index in [0.717, 1.165) is 69.7 Å². The van der Waals surface area contributed by atoms with Gasteiger partial charge in [0.2, 0.25) is 0 Å². The number of aromatic nitrogens is 3. The van der Waals surface area contributed by atoms with Gasteiger partial charge in [-0.25, -0.2) is 4.68 Å². The van der Waals surface area contributed by atoms with Gasteiger partial charge in [-0.2, -0.15) is 5.10 Å². The van der Waals surface area contributed by atoms with E-state index in [2.05, 4.69) is 15.2 Å². The van der Waals surface area contributed by atoms with Crippen LogP contribution in [0.2, 0.25) is 0 Å². The van der Waals surface area contributed by atoms with E-state index in [1.54, 1.807) is 4.68 Å². The molecule has 1 saturated carbocycles. The lowest BCUT2D eigenvalue weighted by atomic mass is 9.96. The third kappa shape index (κ3) is 3.22. The number of fused-ring (bicyclic) bond motifs is 1. The van der Waals surface area contributed by atoms with Crippen molar-refractivity contribution in [3.05, 3.63) is 45.2 Å². The molecule has 3 aliphatic rings. The van der Waals surface area contributed by atoms with Crippen LogP contribution in [0.5, 0.6) is 0 Å². The predicted molar refractivity (Wildman–Crippen MR) is 97.0 cm³/mol. The van der Waals surface area contributed by atoms with Crippen LogP contribution in [0.25, 0.3) is 0 Å². The Morgan fingerprint density at radius 3 is 2.81 bits per heavy atom. The molecule has 0 aromatic carbocycles. The molecule has 6 heteroatoms. The van der Waals surface area contributed by atoms with E-state index in [-0.39, 0.29) is 5.56 Å². The first kappa shape index (κ1) is 16.2. The summed E-state index contributed by atoms with van der Waals surface area (Å²) >= 11 is 0. The topological polar surface area (TPSA) is 64.2 Å². The molecule has 0 spiro atoms. The second-order valence-corrected chi connectivity index (χ2v) is 8.20. The summed E-state index contributed by atoms with van der Waals surface area (Å²) in [7, 11) is 0. The molecule has 1 saturated heterocycles. The molecule has 2 aromatic rings. The molecule has 138 valence electrons. The Kier molecular flexibility index (Phi) is 4.15. The molecule has 0 N–H and O–H groups in total. The molecule has 2 fully saturated rings. The molecule has 26 heavy (non-hydrogen) atoms. The minimum absolute atomic E-state index is 0.0756. The van der Waals surface area contributed by atoms with Crippen LogP contribution in [-0.4, -0.2) is 32.9 Å². The van der Waals surface area contributed by atoms with Crippen molar-refractivity contribution >= 4 is 0 Å². The lowest BCUT2D eigenvalue weighted by Gasteiger charge is -2.31. The zero-order valence-corrected chi connectivity index (χ0v) is 15.2. The van der Waals surface area contributed by atoms with Crippen LogP contribution < -0.4 is 5.56 Å². The fourth-order valence-electron chi connectivity index (χ4n) is 4.45. The van der Waals surface area contributed by atoms with Crippen molar-refractivity contribution < 1.29 is 4.52 Å². The second-order valence-electron chi connectivity index (χ2n) is 8.20. The van der Waals surface area contributed by atoms with Crippen LogP contribution in [0.15, 0.2) is 21.6 Å². The van der Waals surface area contributed by atoms with Gasteiger partial charge in [0.05, 0.1) is 11.9 Å². The highest BCUT2D eigenvalue weighted by molar-refractivity contribution is 5.23. The van der Waals surface area contributed by atoms with Crippen LogP contribution in [0.3, 0.4) is 0 Å². The fraction of sp³-hybridized carbons (Fsp3) is 0.650. The van der Waals surface area contributed by atoms with E-state index in [4.69, 9.17) is 4.52 Å². The molecule has 2 aromatic heterocycles. The molecule has 3 heterocycles. The lowest BCUT2D eigenvalue weighted by Crippen LogP contribution is -2.36. The summed E-state index contributed by atoms with van der Waals surface area (Å²) in [6, 6.07) is 1.82. The van der Waals surface area contributed by atoms with Crippen LogP contribution in [0.1, 0.15) is 60.6 Å². The van der Waals surface area contributed by atoms with Crippen molar-refractivity contribution in [2.45, 2.75) is 64.0 Å². The maximum atomic E-state index is 12.3. The molecule has 5 rings (SSSR count). The van der Waals surface area contributed by atoms with Gasteiger partial charge in [0.15, 0.2) is 0 Å². The number of nitrogens with zero attached hydrogens (tertiary/aromatic N) is 4. The Labute approximate surface area is 153 Å². The Morgan fingerprint density at radius 2 is 2.00 bits per heavy atom. The molecular weight excluding hydrogens is 328 g/mol. The normalized spacial score (nSPS) is 21.2. The highest BCUT2D eigenvalue weighted by atomic mass is 16.5. The average molecular weight is 354 g/mol. The van der Waals surface area contributed by atoms with E-state index in [0.29, 0.717) is 11.8 Å². The summed E-state index contributed by atoms with van der Waals surface area (Å²) in [6.45, 7) is 3.85. The molecule has 1 aliphatic heterocycles. The van der Waals surface area contributed by atoms with Gasteiger partial charge >= 0.3 is 0 Å². The third-order valence-corrected chi connectivity index (χ3v) is 6.18. The first-order valence-electron chi connectivity index (χ1n) is 10.0. The second kappa shape index (κ2) is 6.65. The summed E-state index contributed by atoms with van der Waals surface area (Å²) in [5.74, 6) is 2.27. The van der Waals surface area contributed by atoms with Gasteiger partial charge in [-0.1, -0.05) is 5.16 Å². The Morgan fingerprint density at radius 1 is 1.15 bits per heavy atom. The number of likely N-dealkylation sites (tertiary alicyclic amines) is 1. The predicted octanol–water partition coefficient (Wildman–Crippen LogP) is 2.51. The van der Waals surface area contributed by atoms with Gasteiger partial charge in [0, 0.05) is 30.6 Å². The largest absolute Gasteiger partial charge is 0.361 e. The highest BCUT2D eigenvalue weighted by Crippen LogP contribution is 2.42. The molecule has 0 radical (unpaired) electrons. The highest BCUT2D eigenvalue weighted by Gasteiger charge is 2.31. The molecule has 2 aliphatic carbocycles. The van der Waals surface area contributed by atoms with Crippen molar-refractivity contribution in [2.24, 2.45) is 5.92 Å². The van der Waals surface area contributed by atoms with Gasteiger partial charge in [0.25, 0.3) is 5.56 Å². The Bertz CT molecular complexity index is 844. The smallest absolute Gasteiger partial charge is 0.267 e. The minimum Gasteiger partial charge on any atom is -0.361 e. The zero-order valence-electron chi connectivity index (χ0n) is 15.2. The molecule has 0 bridgehead atoms. The van der Waals surface area contributed by atoms with Crippen molar-refractivity contribution in [1.29, 1.82) is 0 Å². The quantitative estimate of drug-likeness (QED) is 0.825. The molecule has 6 nitrogen and oxygen atoms in total. The maximum absolute atomic E-state index is 12.3. The molecule has 0 unspecified atom stereocenters. The number of hydrogen-bond donors (Lipinski definition) is 0. The van der Waals surface area contributed by atoms with E-state index < -0.39 is 0 Å².